The van der Waals surface area contributed by atoms with Crippen molar-refractivity contribution in [1.29, 1.82) is 0 Å². The lowest BCUT2D eigenvalue weighted by molar-refractivity contribution is -0.118. The molecule has 0 aliphatic carbocycles. The second kappa shape index (κ2) is 8.27. The summed E-state index contributed by atoms with van der Waals surface area (Å²) in [5, 5.41) is 11.2. The molecular formula is C18H30N4O. The first kappa shape index (κ1) is 17.7. The number of nitrogens with zero attached hydrogens (tertiary/aromatic N) is 3. The van der Waals surface area contributed by atoms with E-state index in [9.17, 15) is 4.79 Å². The van der Waals surface area contributed by atoms with Crippen molar-refractivity contribution in [2.24, 2.45) is 17.8 Å². The highest BCUT2D eigenvalue weighted by molar-refractivity contribution is 5.91. The molecule has 1 aromatic heterocycles. The Morgan fingerprint density at radius 2 is 1.96 bits per heavy atom. The van der Waals surface area contributed by atoms with Crippen LogP contribution in [-0.2, 0) is 4.79 Å². The molecule has 1 atom stereocenters. The maximum Gasteiger partial charge on any atom is 0.228 e. The maximum absolute atomic E-state index is 11.7. The van der Waals surface area contributed by atoms with Crippen LogP contribution in [0.3, 0.4) is 0 Å². The van der Waals surface area contributed by atoms with Crippen LogP contribution in [0.15, 0.2) is 12.1 Å². The van der Waals surface area contributed by atoms with Gasteiger partial charge in [-0.15, -0.1) is 10.2 Å². The van der Waals surface area contributed by atoms with Gasteiger partial charge in [0.25, 0.3) is 0 Å². The van der Waals surface area contributed by atoms with Gasteiger partial charge in [-0.05, 0) is 43.2 Å². The minimum atomic E-state index is -0.0546. The number of rotatable bonds is 6. The Morgan fingerprint density at radius 3 is 2.48 bits per heavy atom. The Kier molecular flexibility index (Phi) is 6.37. The Labute approximate surface area is 139 Å². The number of hydrogen-bond donors (Lipinski definition) is 1. The van der Waals surface area contributed by atoms with Crippen LogP contribution in [0, 0.1) is 17.8 Å². The number of carbonyl (C=O) groups excluding carboxylic acids is 1. The smallest absolute Gasteiger partial charge is 0.228 e. The Morgan fingerprint density at radius 1 is 1.26 bits per heavy atom. The zero-order chi connectivity index (χ0) is 16.8. The topological polar surface area (TPSA) is 58.1 Å². The largest absolute Gasteiger partial charge is 0.355 e. The highest BCUT2D eigenvalue weighted by Gasteiger charge is 2.21. The lowest BCUT2D eigenvalue weighted by Crippen LogP contribution is -2.34. The first-order valence-electron chi connectivity index (χ1n) is 8.89. The van der Waals surface area contributed by atoms with Gasteiger partial charge in [-0.1, -0.05) is 34.1 Å². The maximum atomic E-state index is 11.7. The third-order valence-corrected chi connectivity index (χ3v) is 4.80. The molecule has 128 valence electrons. The van der Waals surface area contributed by atoms with Crippen molar-refractivity contribution in [3.05, 3.63) is 12.1 Å². The van der Waals surface area contributed by atoms with Crippen molar-refractivity contribution < 1.29 is 4.79 Å². The molecule has 5 nitrogen and oxygen atoms in total. The molecule has 23 heavy (non-hydrogen) atoms. The molecule has 0 spiro atoms. The van der Waals surface area contributed by atoms with Crippen LogP contribution in [0.2, 0.25) is 0 Å². The van der Waals surface area contributed by atoms with Crippen LogP contribution in [-0.4, -0.2) is 29.2 Å². The highest BCUT2D eigenvalue weighted by atomic mass is 16.1. The summed E-state index contributed by atoms with van der Waals surface area (Å²) in [7, 11) is 0. The summed E-state index contributed by atoms with van der Waals surface area (Å²) in [5.41, 5.74) is 0. The number of piperidine rings is 1. The first-order valence-corrected chi connectivity index (χ1v) is 8.89. The van der Waals surface area contributed by atoms with Gasteiger partial charge in [-0.25, -0.2) is 0 Å². The van der Waals surface area contributed by atoms with Crippen molar-refractivity contribution in [2.75, 3.05) is 23.3 Å². The summed E-state index contributed by atoms with van der Waals surface area (Å²) in [6, 6.07) is 3.80. The Balaban J connectivity index is 1.85. The fraction of sp³-hybridized carbons (Fsp3) is 0.722. The second-order valence-electron chi connectivity index (χ2n) is 7.10. The average molecular weight is 318 g/mol. The fourth-order valence-electron chi connectivity index (χ4n) is 2.96. The van der Waals surface area contributed by atoms with Crippen LogP contribution in [0.1, 0.15) is 53.4 Å². The van der Waals surface area contributed by atoms with E-state index in [-0.39, 0.29) is 11.8 Å². The van der Waals surface area contributed by atoms with E-state index in [4.69, 9.17) is 0 Å². The average Bonchev–Trinajstić information content (AvgIpc) is 2.56. The molecule has 1 amide bonds. The number of amides is 1. The molecule has 1 N–H and O–H groups in total. The van der Waals surface area contributed by atoms with E-state index in [1.165, 1.54) is 25.7 Å². The van der Waals surface area contributed by atoms with Gasteiger partial charge in [0.2, 0.25) is 5.91 Å². The predicted molar refractivity (Wildman–Crippen MR) is 94.5 cm³/mol. The number of aromatic nitrogens is 2. The van der Waals surface area contributed by atoms with Gasteiger partial charge >= 0.3 is 0 Å². The SMILES string of the molecule is CCC(C)CC1CCN(c2ccc(NC(=O)C(C)C)nn2)CC1. The molecule has 1 unspecified atom stereocenters. The molecule has 1 aliphatic rings. The molecule has 2 heterocycles. The number of hydrogen-bond acceptors (Lipinski definition) is 4. The number of carbonyl (C=O) groups is 1. The summed E-state index contributed by atoms with van der Waals surface area (Å²) >= 11 is 0. The molecule has 0 bridgehead atoms. The van der Waals surface area contributed by atoms with E-state index in [1.54, 1.807) is 0 Å². The number of anilines is 2. The van der Waals surface area contributed by atoms with Gasteiger partial charge in [-0.2, -0.15) is 0 Å². The third-order valence-electron chi connectivity index (χ3n) is 4.80. The van der Waals surface area contributed by atoms with Crippen LogP contribution >= 0.6 is 0 Å². The third kappa shape index (κ3) is 5.19. The molecule has 1 aromatic rings. The van der Waals surface area contributed by atoms with Gasteiger partial charge in [0.15, 0.2) is 11.6 Å². The van der Waals surface area contributed by atoms with Gasteiger partial charge in [0, 0.05) is 19.0 Å². The molecule has 0 saturated carbocycles. The zero-order valence-corrected chi connectivity index (χ0v) is 14.9. The van der Waals surface area contributed by atoms with Crippen LogP contribution in [0.4, 0.5) is 11.6 Å². The summed E-state index contributed by atoms with van der Waals surface area (Å²) in [6.45, 7) is 10.4. The molecule has 1 aliphatic heterocycles. The van der Waals surface area contributed by atoms with Gasteiger partial charge in [0.05, 0.1) is 0 Å². The van der Waals surface area contributed by atoms with Crippen molar-refractivity contribution >= 4 is 17.5 Å². The molecule has 1 saturated heterocycles. The van der Waals surface area contributed by atoms with Gasteiger partial charge in [0.1, 0.15) is 0 Å². The molecule has 1 fully saturated rings. The molecule has 0 radical (unpaired) electrons. The summed E-state index contributed by atoms with van der Waals surface area (Å²) in [5.74, 6) is 3.03. The monoisotopic (exact) mass is 318 g/mol. The van der Waals surface area contributed by atoms with E-state index >= 15 is 0 Å². The quantitative estimate of drug-likeness (QED) is 0.868. The van der Waals surface area contributed by atoms with E-state index < -0.39 is 0 Å². The molecule has 2 rings (SSSR count). The minimum Gasteiger partial charge on any atom is -0.355 e. The summed E-state index contributed by atoms with van der Waals surface area (Å²) in [4.78, 5) is 14.0. The van der Waals surface area contributed by atoms with Crippen LogP contribution in [0.25, 0.3) is 0 Å². The van der Waals surface area contributed by atoms with Crippen LogP contribution < -0.4 is 10.2 Å². The lowest BCUT2D eigenvalue weighted by Gasteiger charge is -2.33. The zero-order valence-electron chi connectivity index (χ0n) is 14.9. The highest BCUT2D eigenvalue weighted by Crippen LogP contribution is 2.27. The van der Waals surface area contributed by atoms with E-state index in [2.05, 4.69) is 34.3 Å². The van der Waals surface area contributed by atoms with Crippen LogP contribution in [0.5, 0.6) is 0 Å². The van der Waals surface area contributed by atoms with E-state index in [0.717, 1.165) is 30.7 Å². The molecular weight excluding hydrogens is 288 g/mol. The van der Waals surface area contributed by atoms with Crippen molar-refractivity contribution in [3.63, 3.8) is 0 Å². The van der Waals surface area contributed by atoms with E-state index in [0.29, 0.717) is 5.82 Å². The summed E-state index contributed by atoms with van der Waals surface area (Å²) in [6.07, 6.45) is 5.08. The molecule has 0 aromatic carbocycles. The second-order valence-corrected chi connectivity index (χ2v) is 7.10. The summed E-state index contributed by atoms with van der Waals surface area (Å²) < 4.78 is 0. The van der Waals surface area contributed by atoms with Gasteiger partial charge in [-0.3, -0.25) is 4.79 Å². The van der Waals surface area contributed by atoms with E-state index in [1.807, 2.05) is 26.0 Å². The minimum absolute atomic E-state index is 0.0297. The Bertz CT molecular complexity index is 492. The van der Waals surface area contributed by atoms with Crippen molar-refractivity contribution in [3.8, 4) is 0 Å². The van der Waals surface area contributed by atoms with Gasteiger partial charge < -0.3 is 10.2 Å². The normalized spacial score (nSPS) is 17.3. The standard InChI is InChI=1S/C18H30N4O/c1-5-14(4)12-15-8-10-22(11-9-15)17-7-6-16(20-21-17)19-18(23)13(2)3/h6-7,13-15H,5,8-12H2,1-4H3,(H,19,20,23). The predicted octanol–water partition coefficient (Wildman–Crippen LogP) is 3.72. The van der Waals surface area contributed by atoms with Crippen molar-refractivity contribution in [1.82, 2.24) is 10.2 Å². The molecule has 5 heteroatoms. The fourth-order valence-corrected chi connectivity index (χ4v) is 2.96. The van der Waals surface area contributed by atoms with Crippen molar-refractivity contribution in [2.45, 2.75) is 53.4 Å². The Hall–Kier alpha value is -1.65. The lowest BCUT2D eigenvalue weighted by atomic mass is 9.87. The first-order chi connectivity index (χ1) is 11.0. The number of nitrogens with one attached hydrogen (secondary N) is 1.